The second-order valence-corrected chi connectivity index (χ2v) is 6.98. The molecule has 0 bridgehead atoms. The predicted molar refractivity (Wildman–Crippen MR) is 90.2 cm³/mol. The molecule has 1 saturated heterocycles. The zero-order valence-electron chi connectivity index (χ0n) is 11.8. The minimum atomic E-state index is -0.315. The molecule has 2 rings (SSSR count). The maximum absolute atomic E-state index is 12.3. The highest BCUT2D eigenvalue weighted by atomic mass is 32.2. The first-order valence-corrected chi connectivity index (χ1v) is 8.58. The van der Waals surface area contributed by atoms with E-state index >= 15 is 0 Å². The molecular weight excluding hydrogens is 326 g/mol. The van der Waals surface area contributed by atoms with Gasteiger partial charge < -0.3 is 4.74 Å². The highest BCUT2D eigenvalue weighted by Gasteiger charge is 2.32. The molecule has 1 amide bonds. The van der Waals surface area contributed by atoms with Crippen molar-refractivity contribution in [1.82, 2.24) is 4.90 Å². The van der Waals surface area contributed by atoms with Gasteiger partial charge in [0.2, 0.25) is 0 Å². The van der Waals surface area contributed by atoms with Crippen molar-refractivity contribution < 1.29 is 14.3 Å². The van der Waals surface area contributed by atoms with Crippen molar-refractivity contribution in [3.8, 4) is 0 Å². The Morgan fingerprint density at radius 1 is 1.52 bits per heavy atom. The van der Waals surface area contributed by atoms with E-state index in [0.29, 0.717) is 15.8 Å². The average Bonchev–Trinajstić information content (AvgIpc) is 2.94. The van der Waals surface area contributed by atoms with Crippen LogP contribution in [0.2, 0.25) is 0 Å². The summed E-state index contributed by atoms with van der Waals surface area (Å²) >= 11 is 8.08. The summed E-state index contributed by atoms with van der Waals surface area (Å²) in [5.74, 6) is -0.452. The third kappa shape index (κ3) is 3.93. The maximum Gasteiger partial charge on any atom is 0.307 e. The number of aryl methyl sites for hydroxylation is 1. The van der Waals surface area contributed by atoms with Crippen LogP contribution in [0.1, 0.15) is 23.8 Å². The van der Waals surface area contributed by atoms with Crippen molar-refractivity contribution in [1.29, 1.82) is 0 Å². The Morgan fingerprint density at radius 3 is 2.90 bits per heavy atom. The van der Waals surface area contributed by atoms with E-state index in [0.717, 1.165) is 10.4 Å². The summed E-state index contributed by atoms with van der Waals surface area (Å²) in [6, 6.07) is 2.01. The topological polar surface area (TPSA) is 46.6 Å². The number of carbonyl (C=O) groups is 2. The molecule has 7 heteroatoms. The van der Waals surface area contributed by atoms with E-state index in [1.54, 1.807) is 18.3 Å². The molecule has 1 fully saturated rings. The van der Waals surface area contributed by atoms with Gasteiger partial charge in [-0.15, -0.1) is 11.3 Å². The third-order valence-electron chi connectivity index (χ3n) is 2.88. The lowest BCUT2D eigenvalue weighted by atomic mass is 10.2. The number of carbonyl (C=O) groups excluding carboxylic acids is 2. The molecule has 0 radical (unpaired) electrons. The first-order valence-electron chi connectivity index (χ1n) is 6.48. The molecule has 1 aliphatic rings. The van der Waals surface area contributed by atoms with Gasteiger partial charge in [0, 0.05) is 11.4 Å². The number of thioether (sulfide) groups is 1. The highest BCUT2D eigenvalue weighted by molar-refractivity contribution is 8.26. The summed E-state index contributed by atoms with van der Waals surface area (Å²) in [5.41, 5.74) is 1.14. The largest absolute Gasteiger partial charge is 0.466 e. The summed E-state index contributed by atoms with van der Waals surface area (Å²) in [7, 11) is 0. The number of nitrogens with zero attached hydrogens (tertiary/aromatic N) is 1. The molecule has 0 N–H and O–H groups in total. The van der Waals surface area contributed by atoms with Crippen LogP contribution in [0.3, 0.4) is 0 Å². The molecule has 0 spiro atoms. The van der Waals surface area contributed by atoms with E-state index in [1.165, 1.54) is 16.7 Å². The van der Waals surface area contributed by atoms with Crippen LogP contribution >= 0.6 is 35.3 Å². The minimum absolute atomic E-state index is 0.137. The first kappa shape index (κ1) is 16.2. The lowest BCUT2D eigenvalue weighted by Gasteiger charge is -2.13. The zero-order valence-corrected chi connectivity index (χ0v) is 14.2. The fraction of sp³-hybridized carbons (Fsp3) is 0.357. The van der Waals surface area contributed by atoms with E-state index in [9.17, 15) is 9.59 Å². The SMILES string of the molecule is CCOC(=O)CCN1C(=O)/C(=C/c2sccc2C)SC1=S. The van der Waals surface area contributed by atoms with E-state index in [-0.39, 0.29) is 24.8 Å². The highest BCUT2D eigenvalue weighted by Crippen LogP contribution is 2.34. The number of esters is 1. The molecular formula is C14H15NO3S3. The van der Waals surface area contributed by atoms with Crippen LogP contribution in [-0.4, -0.2) is 34.2 Å². The Hall–Kier alpha value is -1.18. The van der Waals surface area contributed by atoms with Gasteiger partial charge in [0.15, 0.2) is 0 Å². The summed E-state index contributed by atoms with van der Waals surface area (Å²) < 4.78 is 5.35. The number of hydrogen-bond donors (Lipinski definition) is 0. The number of ether oxygens (including phenoxy) is 1. The van der Waals surface area contributed by atoms with Crippen LogP contribution in [-0.2, 0) is 14.3 Å². The van der Waals surface area contributed by atoms with Crippen molar-refractivity contribution in [2.45, 2.75) is 20.3 Å². The molecule has 0 aliphatic carbocycles. The van der Waals surface area contributed by atoms with Gasteiger partial charge >= 0.3 is 5.97 Å². The Kier molecular flexibility index (Phi) is 5.55. The molecule has 1 aliphatic heterocycles. The van der Waals surface area contributed by atoms with Crippen molar-refractivity contribution in [3.05, 3.63) is 26.8 Å². The number of rotatable bonds is 5. The first-order chi connectivity index (χ1) is 10.0. The van der Waals surface area contributed by atoms with Crippen molar-refractivity contribution in [2.75, 3.05) is 13.2 Å². The monoisotopic (exact) mass is 341 g/mol. The van der Waals surface area contributed by atoms with Crippen LogP contribution in [0.15, 0.2) is 16.4 Å². The molecule has 1 aromatic heterocycles. The van der Waals surface area contributed by atoms with Gasteiger partial charge in [-0.05, 0) is 36.9 Å². The summed E-state index contributed by atoms with van der Waals surface area (Å²) in [6.07, 6.45) is 2.02. The number of thiophene rings is 1. The van der Waals surface area contributed by atoms with E-state index in [4.69, 9.17) is 17.0 Å². The predicted octanol–water partition coefficient (Wildman–Crippen LogP) is 3.21. The molecule has 0 atom stereocenters. The average molecular weight is 341 g/mol. The van der Waals surface area contributed by atoms with Crippen LogP contribution in [0.25, 0.3) is 6.08 Å². The van der Waals surface area contributed by atoms with Gasteiger partial charge in [0.05, 0.1) is 17.9 Å². The maximum atomic E-state index is 12.3. The fourth-order valence-electron chi connectivity index (χ4n) is 1.78. The normalized spacial score (nSPS) is 16.9. The smallest absolute Gasteiger partial charge is 0.307 e. The fourth-order valence-corrected chi connectivity index (χ4v) is 4.00. The van der Waals surface area contributed by atoms with Crippen molar-refractivity contribution in [3.63, 3.8) is 0 Å². The quantitative estimate of drug-likeness (QED) is 0.467. The molecule has 4 nitrogen and oxygen atoms in total. The Bertz CT molecular complexity index is 606. The zero-order chi connectivity index (χ0) is 15.4. The van der Waals surface area contributed by atoms with Gasteiger partial charge in [0.1, 0.15) is 4.32 Å². The molecule has 0 saturated carbocycles. The summed E-state index contributed by atoms with van der Waals surface area (Å²) in [5, 5.41) is 1.99. The molecule has 1 aromatic rings. The lowest BCUT2D eigenvalue weighted by molar-refractivity contribution is -0.143. The van der Waals surface area contributed by atoms with Crippen molar-refractivity contribution >= 4 is 57.6 Å². The minimum Gasteiger partial charge on any atom is -0.466 e. The van der Waals surface area contributed by atoms with Crippen molar-refractivity contribution in [2.24, 2.45) is 0 Å². The van der Waals surface area contributed by atoms with E-state index in [2.05, 4.69) is 0 Å². The Morgan fingerprint density at radius 2 is 2.29 bits per heavy atom. The number of hydrogen-bond acceptors (Lipinski definition) is 6. The summed E-state index contributed by atoms with van der Waals surface area (Å²) in [6.45, 7) is 4.37. The molecule has 0 unspecified atom stereocenters. The van der Waals surface area contributed by atoms with Crippen LogP contribution in [0.5, 0.6) is 0 Å². The van der Waals surface area contributed by atoms with Crippen LogP contribution in [0.4, 0.5) is 0 Å². The molecule has 112 valence electrons. The Labute approximate surface area is 137 Å². The Balaban J connectivity index is 2.05. The van der Waals surface area contributed by atoms with Crippen LogP contribution in [0, 0.1) is 6.92 Å². The molecule has 0 aromatic carbocycles. The van der Waals surface area contributed by atoms with Gasteiger partial charge in [-0.3, -0.25) is 14.5 Å². The third-order valence-corrected chi connectivity index (χ3v) is 5.23. The van der Waals surface area contributed by atoms with Gasteiger partial charge in [-0.25, -0.2) is 0 Å². The molecule has 21 heavy (non-hydrogen) atoms. The van der Waals surface area contributed by atoms with E-state index < -0.39 is 0 Å². The van der Waals surface area contributed by atoms with Gasteiger partial charge in [-0.1, -0.05) is 24.0 Å². The second kappa shape index (κ2) is 7.20. The number of amides is 1. The van der Waals surface area contributed by atoms with Gasteiger partial charge in [0.25, 0.3) is 5.91 Å². The second-order valence-electron chi connectivity index (χ2n) is 4.36. The van der Waals surface area contributed by atoms with E-state index in [1.807, 2.05) is 24.4 Å². The lowest BCUT2D eigenvalue weighted by Crippen LogP contribution is -2.30. The molecule has 2 heterocycles. The number of thiocarbonyl (C=S) groups is 1. The summed E-state index contributed by atoms with van der Waals surface area (Å²) in [4.78, 5) is 26.8. The van der Waals surface area contributed by atoms with Gasteiger partial charge in [-0.2, -0.15) is 0 Å². The standard InChI is InChI=1S/C14H15NO3S3/c1-3-18-12(16)4-6-15-13(17)11(21-14(15)19)8-10-9(2)5-7-20-10/h5,7-8H,3-4,6H2,1-2H3/b11-8-. The van der Waals surface area contributed by atoms with Crippen LogP contribution < -0.4 is 0 Å².